The average molecular weight is 407 g/mol. The van der Waals surface area contributed by atoms with Crippen LogP contribution in [-0.2, 0) is 18.4 Å². The number of hydrogen-bond donors (Lipinski definition) is 1. The second-order valence-electron chi connectivity index (χ2n) is 7.46. The highest BCUT2D eigenvalue weighted by atomic mass is 31.1. The van der Waals surface area contributed by atoms with Gasteiger partial charge in [0.25, 0.3) is 0 Å². The molecule has 0 aliphatic carbocycles. The molecular weight excluding hydrogens is 375 g/mol. The third-order valence-corrected chi connectivity index (χ3v) is 7.93. The fourth-order valence-corrected chi connectivity index (χ4v) is 5.57. The molecule has 0 saturated heterocycles. The molecule has 0 amide bonds. The van der Waals surface area contributed by atoms with Crippen molar-refractivity contribution in [3.8, 4) is 5.75 Å². The first-order valence-corrected chi connectivity index (χ1v) is 11.4. The summed E-state index contributed by atoms with van der Waals surface area (Å²) in [5.41, 5.74) is 4.65. The van der Waals surface area contributed by atoms with Gasteiger partial charge in [0.1, 0.15) is 12.4 Å². The van der Waals surface area contributed by atoms with Crippen molar-refractivity contribution in [3.05, 3.63) is 95.1 Å². The van der Waals surface area contributed by atoms with Crippen molar-refractivity contribution in [1.82, 2.24) is 0 Å². The van der Waals surface area contributed by atoms with Gasteiger partial charge in [0.05, 0.1) is 6.61 Å². The Hall–Kier alpha value is -2.15. The predicted molar refractivity (Wildman–Crippen MR) is 125 cm³/mol. The summed E-state index contributed by atoms with van der Waals surface area (Å²) in [7, 11) is 0.573. The highest BCUT2D eigenvalue weighted by molar-refractivity contribution is 7.48. The topological polar surface area (TPSA) is 29.5 Å². The zero-order chi connectivity index (χ0) is 20.7. The summed E-state index contributed by atoms with van der Waals surface area (Å²) in [6.45, 7) is 7.31. The molecule has 2 nitrogen and oxygen atoms in total. The van der Waals surface area contributed by atoms with Crippen LogP contribution in [0.4, 0.5) is 0 Å². The first kappa shape index (κ1) is 21.6. The van der Waals surface area contributed by atoms with Gasteiger partial charge in [-0.1, -0.05) is 95.2 Å². The minimum Gasteiger partial charge on any atom is -0.488 e. The Balaban J connectivity index is 1.99. The van der Waals surface area contributed by atoms with E-state index in [2.05, 4.69) is 63.2 Å². The first-order valence-electron chi connectivity index (χ1n) is 10.4. The Morgan fingerprint density at radius 1 is 0.862 bits per heavy atom. The minimum absolute atomic E-state index is 0.0106. The Bertz CT molecular complexity index is 917. The van der Waals surface area contributed by atoms with Gasteiger partial charge in [-0.15, -0.1) is 0 Å². The molecular formula is C26H31O2P. The summed E-state index contributed by atoms with van der Waals surface area (Å²) in [5.74, 6) is 1.01. The minimum atomic E-state index is -0.0106. The highest BCUT2D eigenvalue weighted by Gasteiger charge is 2.33. The van der Waals surface area contributed by atoms with E-state index in [0.29, 0.717) is 15.2 Å². The average Bonchev–Trinajstić information content (AvgIpc) is 2.77. The van der Waals surface area contributed by atoms with E-state index >= 15 is 0 Å². The molecule has 152 valence electrons. The summed E-state index contributed by atoms with van der Waals surface area (Å²) >= 11 is 0. The van der Waals surface area contributed by atoms with Crippen molar-refractivity contribution >= 4 is 13.9 Å². The summed E-state index contributed by atoms with van der Waals surface area (Å²) in [4.78, 5) is 0. The lowest BCUT2D eigenvalue weighted by atomic mass is 9.90. The lowest BCUT2D eigenvalue weighted by molar-refractivity contribution is 0.283. The highest BCUT2D eigenvalue weighted by Crippen LogP contribution is 2.51. The van der Waals surface area contributed by atoms with Crippen molar-refractivity contribution in [2.24, 2.45) is 0 Å². The number of para-hydroxylation sites is 1. The van der Waals surface area contributed by atoms with E-state index in [1.54, 1.807) is 0 Å². The van der Waals surface area contributed by atoms with Crippen LogP contribution in [0.25, 0.3) is 0 Å². The molecule has 0 aliphatic rings. The van der Waals surface area contributed by atoms with E-state index in [-0.39, 0.29) is 11.8 Å². The summed E-state index contributed by atoms with van der Waals surface area (Å²) in [5, 5.41) is 11.1. The summed E-state index contributed by atoms with van der Waals surface area (Å²) in [6.07, 6.45) is 2.04. The van der Waals surface area contributed by atoms with Gasteiger partial charge < -0.3 is 9.84 Å². The number of hydrogen-bond acceptors (Lipinski definition) is 2. The molecule has 3 rings (SSSR count). The number of rotatable bonds is 9. The van der Waals surface area contributed by atoms with Gasteiger partial charge in [-0.2, -0.15) is 0 Å². The molecule has 0 bridgehead atoms. The number of aliphatic hydroxyl groups excluding tert-OH is 1. The number of aliphatic hydroxyl groups is 1. The predicted octanol–water partition coefficient (Wildman–Crippen LogP) is 6.09. The quantitative estimate of drug-likeness (QED) is 0.436. The van der Waals surface area contributed by atoms with Gasteiger partial charge in [-0.05, 0) is 41.8 Å². The van der Waals surface area contributed by atoms with E-state index in [9.17, 15) is 5.11 Å². The van der Waals surface area contributed by atoms with Gasteiger partial charge in [0, 0.05) is 10.7 Å². The summed E-state index contributed by atoms with van der Waals surface area (Å²) in [6, 6.07) is 25.1. The second-order valence-corrected chi connectivity index (χ2v) is 9.20. The van der Waals surface area contributed by atoms with Crippen LogP contribution in [0, 0.1) is 6.92 Å². The van der Waals surface area contributed by atoms with E-state index in [1.165, 1.54) is 22.0 Å². The fraction of sp³-hybridized carbons (Fsp3) is 0.308. The molecule has 3 heteroatoms. The van der Waals surface area contributed by atoms with Crippen LogP contribution in [0.2, 0.25) is 0 Å². The smallest absolute Gasteiger partial charge is 0.126 e. The molecule has 0 radical (unpaired) electrons. The van der Waals surface area contributed by atoms with Crippen molar-refractivity contribution in [2.45, 2.75) is 52.0 Å². The third-order valence-electron chi connectivity index (χ3n) is 5.72. The van der Waals surface area contributed by atoms with Crippen LogP contribution in [0.1, 0.15) is 48.9 Å². The van der Waals surface area contributed by atoms with Crippen LogP contribution in [-0.4, -0.2) is 5.11 Å². The van der Waals surface area contributed by atoms with Gasteiger partial charge in [-0.3, -0.25) is 0 Å². The maximum Gasteiger partial charge on any atom is 0.126 e. The lowest BCUT2D eigenvalue weighted by Crippen LogP contribution is -2.24. The molecule has 0 spiro atoms. The first-order chi connectivity index (χ1) is 14.1. The molecule has 29 heavy (non-hydrogen) atoms. The molecule has 0 heterocycles. The summed E-state index contributed by atoms with van der Waals surface area (Å²) < 4.78 is 6.41. The van der Waals surface area contributed by atoms with Crippen molar-refractivity contribution in [1.29, 1.82) is 0 Å². The van der Waals surface area contributed by atoms with Gasteiger partial charge >= 0.3 is 0 Å². The standard InChI is InChI=1S/C26H31O2P/c1-4-26(5-2,29-24-17-10-9-15-22(24)18-27)23-16-11-12-20(3)25(23)28-19-21-13-7-6-8-14-21/h6-17,27,29H,4-5,18-19H2,1-3H3. The number of aryl methyl sites for hydroxylation is 1. The van der Waals surface area contributed by atoms with Gasteiger partial charge in [-0.25, -0.2) is 0 Å². The molecule has 1 N–H and O–H groups in total. The van der Waals surface area contributed by atoms with E-state index in [4.69, 9.17) is 4.74 Å². The van der Waals surface area contributed by atoms with Crippen molar-refractivity contribution in [3.63, 3.8) is 0 Å². The van der Waals surface area contributed by atoms with E-state index < -0.39 is 0 Å². The zero-order valence-electron chi connectivity index (χ0n) is 17.6. The van der Waals surface area contributed by atoms with Gasteiger partial charge in [0.2, 0.25) is 0 Å². The molecule has 1 atom stereocenters. The van der Waals surface area contributed by atoms with Crippen molar-refractivity contribution < 1.29 is 9.84 Å². The third kappa shape index (κ3) is 4.89. The second kappa shape index (κ2) is 10.1. The van der Waals surface area contributed by atoms with Crippen LogP contribution in [0.3, 0.4) is 0 Å². The molecule has 0 fully saturated rings. The molecule has 0 aliphatic heterocycles. The SMILES string of the molecule is CCC(CC)(Pc1ccccc1CO)c1cccc(C)c1OCc1ccccc1. The Labute approximate surface area is 176 Å². The Morgan fingerprint density at radius 3 is 2.24 bits per heavy atom. The molecule has 0 aromatic heterocycles. The maximum absolute atomic E-state index is 9.82. The number of ether oxygens (including phenoxy) is 1. The fourth-order valence-electron chi connectivity index (χ4n) is 3.86. The molecule has 3 aromatic carbocycles. The molecule has 1 unspecified atom stereocenters. The molecule has 3 aromatic rings. The van der Waals surface area contributed by atoms with Crippen LogP contribution in [0.15, 0.2) is 72.8 Å². The van der Waals surface area contributed by atoms with Crippen LogP contribution >= 0.6 is 8.58 Å². The zero-order valence-corrected chi connectivity index (χ0v) is 18.6. The lowest BCUT2D eigenvalue weighted by Gasteiger charge is -2.35. The van der Waals surface area contributed by atoms with E-state index in [0.717, 1.165) is 24.2 Å². The maximum atomic E-state index is 9.82. The Kier molecular flexibility index (Phi) is 7.47. The largest absolute Gasteiger partial charge is 0.488 e. The van der Waals surface area contributed by atoms with E-state index in [1.807, 2.05) is 30.3 Å². The monoisotopic (exact) mass is 406 g/mol. The van der Waals surface area contributed by atoms with Gasteiger partial charge in [0.15, 0.2) is 0 Å². The van der Waals surface area contributed by atoms with Crippen LogP contribution in [0.5, 0.6) is 5.75 Å². The Morgan fingerprint density at radius 2 is 1.55 bits per heavy atom. The van der Waals surface area contributed by atoms with Crippen molar-refractivity contribution in [2.75, 3.05) is 0 Å². The number of benzene rings is 3. The molecule has 0 saturated carbocycles. The van der Waals surface area contributed by atoms with Crippen LogP contribution < -0.4 is 10.0 Å². The normalized spacial score (nSPS) is 11.9.